The Labute approximate surface area is 207 Å². The third kappa shape index (κ3) is 7.55. The Hall–Kier alpha value is -3.39. The van der Waals surface area contributed by atoms with Crippen LogP contribution in [-0.2, 0) is 22.6 Å². The van der Waals surface area contributed by atoms with Gasteiger partial charge in [-0.25, -0.2) is 4.98 Å². The standard InChI is InChI=1S/C28H34N4O3/c1-29-25-10-11-28(31-21-25)35-19-18-34-17-16-33-15-13-30-20-24-8-5-9-27-26(24)12-14-32(27)22-23-6-3-2-4-7-23/h2-12,14,21,29-30H,13,15-20,22H2,1H3. The van der Waals surface area contributed by atoms with Crippen molar-refractivity contribution in [3.8, 4) is 5.88 Å². The van der Waals surface area contributed by atoms with Gasteiger partial charge in [0.15, 0.2) is 0 Å². The molecule has 4 rings (SSSR count). The van der Waals surface area contributed by atoms with E-state index in [-0.39, 0.29) is 0 Å². The zero-order valence-corrected chi connectivity index (χ0v) is 20.3. The molecule has 0 aliphatic rings. The summed E-state index contributed by atoms with van der Waals surface area (Å²) in [6.45, 7) is 5.21. The molecule has 0 aliphatic heterocycles. The van der Waals surface area contributed by atoms with E-state index in [4.69, 9.17) is 14.2 Å². The van der Waals surface area contributed by atoms with Gasteiger partial charge >= 0.3 is 0 Å². The monoisotopic (exact) mass is 474 g/mol. The van der Waals surface area contributed by atoms with Crippen molar-refractivity contribution >= 4 is 16.6 Å². The lowest BCUT2D eigenvalue weighted by molar-refractivity contribution is 0.0367. The molecule has 2 heterocycles. The van der Waals surface area contributed by atoms with Gasteiger partial charge in [0.2, 0.25) is 5.88 Å². The van der Waals surface area contributed by atoms with Crippen LogP contribution in [0.25, 0.3) is 10.9 Å². The van der Waals surface area contributed by atoms with Gasteiger partial charge in [0, 0.05) is 49.8 Å². The van der Waals surface area contributed by atoms with Crippen LogP contribution in [0.15, 0.2) is 79.1 Å². The Morgan fingerprint density at radius 2 is 1.66 bits per heavy atom. The van der Waals surface area contributed by atoms with E-state index in [0.717, 1.165) is 25.3 Å². The molecule has 0 saturated heterocycles. The first-order valence-corrected chi connectivity index (χ1v) is 12.1. The molecule has 0 spiro atoms. The zero-order valence-electron chi connectivity index (χ0n) is 20.3. The van der Waals surface area contributed by atoms with Crippen molar-refractivity contribution in [1.82, 2.24) is 14.9 Å². The summed E-state index contributed by atoms with van der Waals surface area (Å²) in [6.07, 6.45) is 3.91. The number of hydrogen-bond acceptors (Lipinski definition) is 6. The Morgan fingerprint density at radius 1 is 0.829 bits per heavy atom. The van der Waals surface area contributed by atoms with Crippen LogP contribution in [0.5, 0.6) is 5.88 Å². The Balaban J connectivity index is 1.07. The van der Waals surface area contributed by atoms with E-state index in [1.54, 1.807) is 6.20 Å². The van der Waals surface area contributed by atoms with Crippen LogP contribution in [0.4, 0.5) is 5.69 Å². The van der Waals surface area contributed by atoms with E-state index in [0.29, 0.717) is 38.9 Å². The third-order valence-electron chi connectivity index (χ3n) is 5.71. The number of benzene rings is 2. The maximum atomic E-state index is 5.67. The van der Waals surface area contributed by atoms with Crippen molar-refractivity contribution in [2.24, 2.45) is 0 Å². The van der Waals surface area contributed by atoms with Crippen LogP contribution >= 0.6 is 0 Å². The summed E-state index contributed by atoms with van der Waals surface area (Å²) in [5.74, 6) is 0.596. The quantitative estimate of drug-likeness (QED) is 0.250. The second-order valence-electron chi connectivity index (χ2n) is 8.16. The number of rotatable bonds is 15. The maximum absolute atomic E-state index is 5.67. The number of anilines is 1. The van der Waals surface area contributed by atoms with Crippen LogP contribution in [0.1, 0.15) is 11.1 Å². The molecule has 0 amide bonds. The second kappa shape index (κ2) is 13.5. The lowest BCUT2D eigenvalue weighted by Gasteiger charge is -2.10. The van der Waals surface area contributed by atoms with Crippen LogP contribution < -0.4 is 15.4 Å². The number of nitrogens with zero attached hydrogens (tertiary/aromatic N) is 2. The number of nitrogens with one attached hydrogen (secondary N) is 2. The summed E-state index contributed by atoms with van der Waals surface area (Å²) in [5, 5.41) is 7.80. The molecule has 2 N–H and O–H groups in total. The van der Waals surface area contributed by atoms with Gasteiger partial charge in [-0.15, -0.1) is 0 Å². The van der Waals surface area contributed by atoms with Gasteiger partial charge in [-0.2, -0.15) is 0 Å². The molecular weight excluding hydrogens is 440 g/mol. The minimum Gasteiger partial charge on any atom is -0.475 e. The van der Waals surface area contributed by atoms with Crippen molar-refractivity contribution < 1.29 is 14.2 Å². The van der Waals surface area contributed by atoms with Gasteiger partial charge < -0.3 is 29.4 Å². The molecule has 7 nitrogen and oxygen atoms in total. The fourth-order valence-corrected chi connectivity index (χ4v) is 3.87. The average Bonchev–Trinajstić information content (AvgIpc) is 3.31. The third-order valence-corrected chi connectivity index (χ3v) is 5.71. The molecule has 2 aromatic heterocycles. The molecular formula is C28H34N4O3. The molecule has 184 valence electrons. The van der Waals surface area contributed by atoms with Crippen molar-refractivity contribution in [2.75, 3.05) is 51.9 Å². The lowest BCUT2D eigenvalue weighted by Crippen LogP contribution is -2.20. The molecule has 0 fully saturated rings. The van der Waals surface area contributed by atoms with E-state index in [2.05, 4.69) is 81.0 Å². The molecule has 0 bridgehead atoms. The Bertz CT molecular complexity index is 1150. The second-order valence-corrected chi connectivity index (χ2v) is 8.16. The zero-order chi connectivity index (χ0) is 24.1. The molecule has 0 radical (unpaired) electrons. The smallest absolute Gasteiger partial charge is 0.213 e. The molecule has 0 aliphatic carbocycles. The van der Waals surface area contributed by atoms with Gasteiger partial charge in [0.05, 0.1) is 38.3 Å². The van der Waals surface area contributed by atoms with Crippen LogP contribution in [0, 0.1) is 0 Å². The highest BCUT2D eigenvalue weighted by Crippen LogP contribution is 2.21. The van der Waals surface area contributed by atoms with Gasteiger partial charge in [-0.3, -0.25) is 0 Å². The van der Waals surface area contributed by atoms with Crippen LogP contribution in [0.2, 0.25) is 0 Å². The number of ether oxygens (including phenoxy) is 3. The molecule has 35 heavy (non-hydrogen) atoms. The summed E-state index contributed by atoms with van der Waals surface area (Å²) in [5.41, 5.74) is 4.82. The normalized spacial score (nSPS) is 11.1. The number of pyridine rings is 1. The molecule has 0 saturated carbocycles. The Morgan fingerprint density at radius 3 is 2.46 bits per heavy atom. The fourth-order valence-electron chi connectivity index (χ4n) is 3.87. The minimum absolute atomic E-state index is 0.464. The van der Waals surface area contributed by atoms with Gasteiger partial charge in [0.25, 0.3) is 0 Å². The summed E-state index contributed by atoms with van der Waals surface area (Å²) >= 11 is 0. The topological polar surface area (TPSA) is 69.6 Å². The number of fused-ring (bicyclic) bond motifs is 1. The highest BCUT2D eigenvalue weighted by molar-refractivity contribution is 5.83. The number of aromatic nitrogens is 2. The van der Waals surface area contributed by atoms with E-state index < -0.39 is 0 Å². The average molecular weight is 475 g/mol. The van der Waals surface area contributed by atoms with E-state index >= 15 is 0 Å². The molecule has 0 unspecified atom stereocenters. The van der Waals surface area contributed by atoms with Crippen molar-refractivity contribution in [1.29, 1.82) is 0 Å². The SMILES string of the molecule is CNc1ccc(OCCOCCOCCNCc2cccc3c2ccn3Cc2ccccc2)nc1. The minimum atomic E-state index is 0.464. The first kappa shape index (κ1) is 24.7. The van der Waals surface area contributed by atoms with Gasteiger partial charge in [-0.05, 0) is 29.3 Å². The van der Waals surface area contributed by atoms with Crippen molar-refractivity contribution in [3.63, 3.8) is 0 Å². The van der Waals surface area contributed by atoms with E-state index in [9.17, 15) is 0 Å². The molecule has 2 aromatic carbocycles. The summed E-state index contributed by atoms with van der Waals surface area (Å²) in [6, 6.07) is 23.0. The molecule has 4 aromatic rings. The van der Waals surface area contributed by atoms with Crippen molar-refractivity contribution in [2.45, 2.75) is 13.1 Å². The lowest BCUT2D eigenvalue weighted by atomic mass is 10.1. The Kier molecular flexibility index (Phi) is 9.53. The summed E-state index contributed by atoms with van der Waals surface area (Å²) in [7, 11) is 1.86. The highest BCUT2D eigenvalue weighted by atomic mass is 16.5. The van der Waals surface area contributed by atoms with Gasteiger partial charge in [0.1, 0.15) is 6.61 Å². The predicted molar refractivity (Wildman–Crippen MR) is 140 cm³/mol. The molecule has 7 heteroatoms. The predicted octanol–water partition coefficient (Wildman–Crippen LogP) is 4.33. The first-order valence-electron chi connectivity index (χ1n) is 12.1. The molecule has 0 atom stereocenters. The van der Waals surface area contributed by atoms with Gasteiger partial charge in [-0.1, -0.05) is 42.5 Å². The van der Waals surface area contributed by atoms with Crippen LogP contribution in [0.3, 0.4) is 0 Å². The maximum Gasteiger partial charge on any atom is 0.213 e. The van der Waals surface area contributed by atoms with E-state index in [1.165, 1.54) is 22.0 Å². The first-order chi connectivity index (χ1) is 17.3. The summed E-state index contributed by atoms with van der Waals surface area (Å²) in [4.78, 5) is 4.21. The van der Waals surface area contributed by atoms with Crippen LogP contribution in [-0.4, -0.2) is 56.2 Å². The number of hydrogen-bond donors (Lipinski definition) is 2. The summed E-state index contributed by atoms with van der Waals surface area (Å²) < 4.78 is 19.1. The fraction of sp³-hybridized carbons (Fsp3) is 0.321. The van der Waals surface area contributed by atoms with Crippen molar-refractivity contribution in [3.05, 3.63) is 90.3 Å². The highest BCUT2D eigenvalue weighted by Gasteiger charge is 2.06. The largest absolute Gasteiger partial charge is 0.475 e. The van der Waals surface area contributed by atoms with E-state index in [1.807, 2.05) is 19.2 Å².